The second kappa shape index (κ2) is 7.31. The second-order valence-electron chi connectivity index (χ2n) is 6.60. The standard InChI is InChI=1S/C21H19N3O5/c1-28-13-3-4-17(29-2)16(9-13)24-11-15(21(26)27)19-20(24)14(10-18(25)23-19)12-5-7-22-8-6-12/h3-9,11,14H,10H2,1-2H3,(H,23,25)(H,26,27)/t14-/m0/s1. The summed E-state index contributed by atoms with van der Waals surface area (Å²) in [6.07, 6.45) is 4.99. The fraction of sp³-hybridized carbons (Fsp3) is 0.190. The van der Waals surface area contributed by atoms with E-state index in [1.807, 2.05) is 12.1 Å². The molecular weight excluding hydrogens is 374 g/mol. The summed E-state index contributed by atoms with van der Waals surface area (Å²) < 4.78 is 12.6. The number of carboxylic acid groups (broad SMARTS) is 1. The number of hydrogen-bond donors (Lipinski definition) is 2. The number of nitrogens with one attached hydrogen (secondary N) is 1. The quantitative estimate of drug-likeness (QED) is 0.691. The van der Waals surface area contributed by atoms with Crippen molar-refractivity contribution in [3.05, 3.63) is 65.7 Å². The van der Waals surface area contributed by atoms with E-state index < -0.39 is 5.97 Å². The number of fused-ring (bicyclic) bond motifs is 1. The summed E-state index contributed by atoms with van der Waals surface area (Å²) >= 11 is 0. The van der Waals surface area contributed by atoms with Crippen molar-refractivity contribution in [1.29, 1.82) is 0 Å². The molecule has 1 aromatic carbocycles. The number of amides is 1. The van der Waals surface area contributed by atoms with Crippen LogP contribution in [0.15, 0.2) is 48.9 Å². The molecule has 1 amide bonds. The van der Waals surface area contributed by atoms with Gasteiger partial charge in [-0.1, -0.05) is 0 Å². The lowest BCUT2D eigenvalue weighted by molar-refractivity contribution is -0.116. The molecule has 0 saturated carbocycles. The Morgan fingerprint density at radius 1 is 1.21 bits per heavy atom. The Labute approximate surface area is 166 Å². The van der Waals surface area contributed by atoms with E-state index in [0.29, 0.717) is 28.6 Å². The maximum atomic E-state index is 12.4. The van der Waals surface area contributed by atoms with Crippen LogP contribution in [0.4, 0.5) is 5.69 Å². The molecule has 8 nitrogen and oxygen atoms in total. The monoisotopic (exact) mass is 393 g/mol. The Morgan fingerprint density at radius 3 is 2.62 bits per heavy atom. The smallest absolute Gasteiger partial charge is 0.339 e. The summed E-state index contributed by atoms with van der Waals surface area (Å²) in [5.41, 5.74) is 2.46. The minimum atomic E-state index is -1.13. The Bertz CT molecular complexity index is 1090. The van der Waals surface area contributed by atoms with Gasteiger partial charge in [-0.2, -0.15) is 0 Å². The van der Waals surface area contributed by atoms with Gasteiger partial charge < -0.3 is 24.5 Å². The molecule has 148 valence electrons. The third kappa shape index (κ3) is 3.18. The number of carboxylic acids is 1. The molecule has 3 aromatic rings. The zero-order valence-corrected chi connectivity index (χ0v) is 15.9. The molecule has 1 aliphatic rings. The van der Waals surface area contributed by atoms with Gasteiger partial charge in [0.05, 0.1) is 31.3 Å². The van der Waals surface area contributed by atoms with E-state index in [1.54, 1.807) is 49.4 Å². The molecule has 0 saturated heterocycles. The van der Waals surface area contributed by atoms with E-state index >= 15 is 0 Å². The van der Waals surface area contributed by atoms with Gasteiger partial charge >= 0.3 is 5.97 Å². The van der Waals surface area contributed by atoms with Gasteiger partial charge in [0.15, 0.2) is 0 Å². The SMILES string of the molecule is COc1ccc(OC)c(-n2cc(C(=O)O)c3c2[C@H](c2ccncc2)CC(=O)N3)c1. The van der Waals surface area contributed by atoms with Crippen LogP contribution < -0.4 is 14.8 Å². The average Bonchev–Trinajstić information content (AvgIpc) is 3.12. The fourth-order valence-electron chi connectivity index (χ4n) is 3.69. The summed E-state index contributed by atoms with van der Waals surface area (Å²) in [5.74, 6) is -0.563. The molecule has 0 radical (unpaired) electrons. The lowest BCUT2D eigenvalue weighted by Gasteiger charge is -2.26. The van der Waals surface area contributed by atoms with Crippen molar-refractivity contribution in [2.75, 3.05) is 19.5 Å². The van der Waals surface area contributed by atoms with Crippen LogP contribution >= 0.6 is 0 Å². The van der Waals surface area contributed by atoms with Crippen molar-refractivity contribution in [2.45, 2.75) is 12.3 Å². The Balaban J connectivity index is 2.01. The van der Waals surface area contributed by atoms with Crippen molar-refractivity contribution in [2.24, 2.45) is 0 Å². The Hall–Kier alpha value is -3.81. The maximum absolute atomic E-state index is 12.4. The van der Waals surface area contributed by atoms with Crippen LogP contribution in [0.2, 0.25) is 0 Å². The van der Waals surface area contributed by atoms with Crippen molar-refractivity contribution in [1.82, 2.24) is 9.55 Å². The van der Waals surface area contributed by atoms with E-state index in [4.69, 9.17) is 9.47 Å². The minimum Gasteiger partial charge on any atom is -0.497 e. The van der Waals surface area contributed by atoms with Gasteiger partial charge in [-0.25, -0.2) is 4.79 Å². The highest BCUT2D eigenvalue weighted by Gasteiger charge is 2.35. The van der Waals surface area contributed by atoms with Crippen LogP contribution in [0.3, 0.4) is 0 Å². The van der Waals surface area contributed by atoms with Gasteiger partial charge in [0, 0.05) is 37.0 Å². The normalized spacial score (nSPS) is 15.4. The van der Waals surface area contributed by atoms with E-state index in [2.05, 4.69) is 10.3 Å². The maximum Gasteiger partial charge on any atom is 0.339 e. The number of ether oxygens (including phenoxy) is 2. The zero-order valence-electron chi connectivity index (χ0n) is 15.9. The highest BCUT2D eigenvalue weighted by molar-refractivity contribution is 6.04. The van der Waals surface area contributed by atoms with E-state index in [0.717, 1.165) is 5.56 Å². The lowest BCUT2D eigenvalue weighted by atomic mass is 9.88. The molecular formula is C21H19N3O5. The van der Waals surface area contributed by atoms with Crippen molar-refractivity contribution < 1.29 is 24.2 Å². The van der Waals surface area contributed by atoms with Gasteiger partial charge in [-0.3, -0.25) is 9.78 Å². The van der Waals surface area contributed by atoms with Gasteiger partial charge in [0.2, 0.25) is 5.91 Å². The molecule has 0 bridgehead atoms. The van der Waals surface area contributed by atoms with Crippen LogP contribution in [0.1, 0.15) is 34.0 Å². The third-order valence-electron chi connectivity index (χ3n) is 5.01. The first-order chi connectivity index (χ1) is 14.0. The topological polar surface area (TPSA) is 103 Å². The first kappa shape index (κ1) is 18.5. The molecule has 8 heteroatoms. The molecule has 29 heavy (non-hydrogen) atoms. The third-order valence-corrected chi connectivity index (χ3v) is 5.01. The molecule has 2 N–H and O–H groups in total. The van der Waals surface area contributed by atoms with Gasteiger partial charge in [0.1, 0.15) is 17.1 Å². The number of nitrogens with zero attached hydrogens (tertiary/aromatic N) is 2. The Kier molecular flexibility index (Phi) is 4.67. The minimum absolute atomic E-state index is 0.0111. The molecule has 2 aromatic heterocycles. The van der Waals surface area contributed by atoms with Gasteiger partial charge in [-0.05, 0) is 29.8 Å². The summed E-state index contributed by atoms with van der Waals surface area (Å²) in [4.78, 5) is 28.3. The number of rotatable bonds is 5. The molecule has 0 aliphatic carbocycles. The molecule has 4 rings (SSSR count). The van der Waals surface area contributed by atoms with Gasteiger partial charge in [0.25, 0.3) is 0 Å². The number of aromatic carboxylic acids is 1. The zero-order chi connectivity index (χ0) is 20.5. The van der Waals surface area contributed by atoms with Crippen molar-refractivity contribution in [3.63, 3.8) is 0 Å². The molecule has 1 atom stereocenters. The predicted octanol–water partition coefficient (Wildman–Crippen LogP) is 3.06. The number of carbonyl (C=O) groups is 2. The van der Waals surface area contributed by atoms with Crippen LogP contribution in [0, 0.1) is 0 Å². The Morgan fingerprint density at radius 2 is 1.97 bits per heavy atom. The number of pyridine rings is 1. The number of aromatic nitrogens is 2. The summed E-state index contributed by atoms with van der Waals surface area (Å²) in [6.45, 7) is 0. The number of methoxy groups -OCH3 is 2. The molecule has 3 heterocycles. The summed E-state index contributed by atoms with van der Waals surface area (Å²) in [5, 5.41) is 12.5. The van der Waals surface area contributed by atoms with Crippen LogP contribution in [-0.2, 0) is 4.79 Å². The van der Waals surface area contributed by atoms with Crippen LogP contribution in [0.5, 0.6) is 11.5 Å². The molecule has 0 spiro atoms. The first-order valence-electron chi connectivity index (χ1n) is 8.94. The number of carbonyl (C=O) groups excluding carboxylic acids is 1. The van der Waals surface area contributed by atoms with Crippen molar-refractivity contribution in [3.8, 4) is 17.2 Å². The summed E-state index contributed by atoms with van der Waals surface area (Å²) in [6, 6.07) is 8.94. The van der Waals surface area contributed by atoms with E-state index in [-0.39, 0.29) is 23.8 Å². The first-order valence-corrected chi connectivity index (χ1v) is 8.94. The second-order valence-corrected chi connectivity index (χ2v) is 6.60. The van der Waals surface area contributed by atoms with E-state index in [9.17, 15) is 14.7 Å². The van der Waals surface area contributed by atoms with E-state index in [1.165, 1.54) is 6.20 Å². The van der Waals surface area contributed by atoms with Crippen LogP contribution in [0.25, 0.3) is 5.69 Å². The summed E-state index contributed by atoms with van der Waals surface area (Å²) in [7, 11) is 3.10. The van der Waals surface area contributed by atoms with Crippen LogP contribution in [-0.4, -0.2) is 40.8 Å². The number of anilines is 1. The molecule has 0 unspecified atom stereocenters. The fourth-order valence-corrected chi connectivity index (χ4v) is 3.69. The highest BCUT2D eigenvalue weighted by atomic mass is 16.5. The van der Waals surface area contributed by atoms with Crippen molar-refractivity contribution >= 4 is 17.6 Å². The largest absolute Gasteiger partial charge is 0.497 e. The molecule has 1 aliphatic heterocycles. The lowest BCUT2D eigenvalue weighted by Crippen LogP contribution is -2.25. The number of benzene rings is 1. The average molecular weight is 393 g/mol. The van der Waals surface area contributed by atoms with Gasteiger partial charge in [-0.15, -0.1) is 0 Å². The molecule has 0 fully saturated rings. The highest BCUT2D eigenvalue weighted by Crippen LogP contribution is 2.43. The predicted molar refractivity (Wildman–Crippen MR) is 105 cm³/mol. The number of hydrogen-bond acceptors (Lipinski definition) is 5.